The third-order valence-electron chi connectivity index (χ3n) is 1.94. The molecule has 0 aliphatic rings. The lowest BCUT2D eigenvalue weighted by Crippen LogP contribution is -2.40. The third kappa shape index (κ3) is 3.94. The standard InChI is InChI=1S/C11H14N2O2S/c1-8-2-4-9(5-3-8)10(14)13-11(15)12-6-7-16/h2-5,16H,6-7H2,1H3,(H2,12,13,14,15). The van der Waals surface area contributed by atoms with Gasteiger partial charge in [0.25, 0.3) is 5.91 Å². The number of hydrogen-bond acceptors (Lipinski definition) is 3. The van der Waals surface area contributed by atoms with Gasteiger partial charge in [-0.3, -0.25) is 10.1 Å². The molecular weight excluding hydrogens is 224 g/mol. The zero-order chi connectivity index (χ0) is 12.0. The van der Waals surface area contributed by atoms with Crippen molar-refractivity contribution >= 4 is 24.6 Å². The average molecular weight is 238 g/mol. The summed E-state index contributed by atoms with van der Waals surface area (Å²) in [6.45, 7) is 2.36. The molecule has 3 amide bonds. The van der Waals surface area contributed by atoms with Gasteiger partial charge in [0, 0.05) is 17.9 Å². The van der Waals surface area contributed by atoms with Crippen LogP contribution in [0.5, 0.6) is 0 Å². The number of amides is 3. The number of carbonyl (C=O) groups is 2. The van der Waals surface area contributed by atoms with Crippen LogP contribution in [0.25, 0.3) is 0 Å². The first kappa shape index (κ1) is 12.6. The molecule has 0 aromatic heterocycles. The Bertz CT molecular complexity index is 376. The van der Waals surface area contributed by atoms with Gasteiger partial charge in [0.2, 0.25) is 0 Å². The van der Waals surface area contributed by atoms with Crippen LogP contribution < -0.4 is 10.6 Å². The van der Waals surface area contributed by atoms with E-state index in [2.05, 4.69) is 23.3 Å². The molecule has 0 fully saturated rings. The van der Waals surface area contributed by atoms with Crippen molar-refractivity contribution in [2.24, 2.45) is 0 Å². The number of rotatable bonds is 3. The minimum atomic E-state index is -0.500. The van der Waals surface area contributed by atoms with Crippen LogP contribution in [0.15, 0.2) is 24.3 Å². The lowest BCUT2D eigenvalue weighted by Gasteiger charge is -2.05. The topological polar surface area (TPSA) is 58.2 Å². The van der Waals surface area contributed by atoms with E-state index in [4.69, 9.17) is 0 Å². The van der Waals surface area contributed by atoms with Crippen LogP contribution in [0.3, 0.4) is 0 Å². The molecule has 16 heavy (non-hydrogen) atoms. The van der Waals surface area contributed by atoms with E-state index in [1.54, 1.807) is 12.1 Å². The van der Waals surface area contributed by atoms with Gasteiger partial charge in [-0.25, -0.2) is 4.79 Å². The molecule has 1 rings (SSSR count). The Morgan fingerprint density at radius 2 is 1.88 bits per heavy atom. The van der Waals surface area contributed by atoms with E-state index in [9.17, 15) is 9.59 Å². The van der Waals surface area contributed by atoms with Gasteiger partial charge in [0.15, 0.2) is 0 Å². The molecule has 0 spiro atoms. The SMILES string of the molecule is Cc1ccc(C(=O)NC(=O)NCCS)cc1. The van der Waals surface area contributed by atoms with E-state index in [1.165, 1.54) is 0 Å². The summed E-state index contributed by atoms with van der Waals surface area (Å²) in [6, 6.07) is 6.49. The first-order chi connectivity index (χ1) is 7.63. The molecular formula is C11H14N2O2S. The van der Waals surface area contributed by atoms with E-state index in [-0.39, 0.29) is 0 Å². The highest BCUT2D eigenvalue weighted by Crippen LogP contribution is 2.02. The molecule has 1 aromatic rings. The molecule has 5 heteroatoms. The van der Waals surface area contributed by atoms with Crippen molar-refractivity contribution in [1.29, 1.82) is 0 Å². The molecule has 0 saturated carbocycles. The zero-order valence-corrected chi connectivity index (χ0v) is 9.88. The van der Waals surface area contributed by atoms with Gasteiger partial charge in [0.05, 0.1) is 0 Å². The monoisotopic (exact) mass is 238 g/mol. The molecule has 4 nitrogen and oxygen atoms in total. The number of carbonyl (C=O) groups excluding carboxylic acids is 2. The van der Waals surface area contributed by atoms with E-state index in [0.717, 1.165) is 5.56 Å². The van der Waals surface area contributed by atoms with Crippen molar-refractivity contribution in [3.63, 3.8) is 0 Å². The van der Waals surface area contributed by atoms with Gasteiger partial charge in [-0.1, -0.05) is 17.7 Å². The van der Waals surface area contributed by atoms with E-state index in [0.29, 0.717) is 17.9 Å². The summed E-state index contributed by atoms with van der Waals surface area (Å²) >= 11 is 3.94. The van der Waals surface area contributed by atoms with Crippen LogP contribution in [-0.4, -0.2) is 24.2 Å². The fraction of sp³-hybridized carbons (Fsp3) is 0.273. The fourth-order valence-corrected chi connectivity index (χ4v) is 1.21. The molecule has 0 bridgehead atoms. The Labute approximate surface area is 99.8 Å². The predicted octanol–water partition coefficient (Wildman–Crippen LogP) is 1.36. The lowest BCUT2D eigenvalue weighted by molar-refractivity contribution is 0.0964. The Hall–Kier alpha value is -1.49. The maximum atomic E-state index is 11.5. The van der Waals surface area contributed by atoms with Gasteiger partial charge in [-0.15, -0.1) is 0 Å². The van der Waals surface area contributed by atoms with Crippen LogP contribution in [0, 0.1) is 6.92 Å². The number of benzene rings is 1. The minimum Gasteiger partial charge on any atom is -0.337 e. The van der Waals surface area contributed by atoms with Gasteiger partial charge in [0.1, 0.15) is 0 Å². The van der Waals surface area contributed by atoms with Gasteiger partial charge in [-0.05, 0) is 19.1 Å². The van der Waals surface area contributed by atoms with Crippen LogP contribution in [0.2, 0.25) is 0 Å². The number of thiol groups is 1. The zero-order valence-electron chi connectivity index (χ0n) is 8.99. The number of aryl methyl sites for hydroxylation is 1. The number of hydrogen-bond donors (Lipinski definition) is 3. The molecule has 1 aromatic carbocycles. The summed E-state index contributed by atoms with van der Waals surface area (Å²) in [4.78, 5) is 22.7. The van der Waals surface area contributed by atoms with Gasteiger partial charge < -0.3 is 5.32 Å². The fourth-order valence-electron chi connectivity index (χ4n) is 1.09. The Morgan fingerprint density at radius 3 is 2.44 bits per heavy atom. The smallest absolute Gasteiger partial charge is 0.321 e. The minimum absolute atomic E-state index is 0.406. The van der Waals surface area contributed by atoms with Crippen molar-refractivity contribution in [2.75, 3.05) is 12.3 Å². The largest absolute Gasteiger partial charge is 0.337 e. The van der Waals surface area contributed by atoms with Crippen molar-refractivity contribution in [3.8, 4) is 0 Å². The molecule has 0 unspecified atom stereocenters. The van der Waals surface area contributed by atoms with Crippen molar-refractivity contribution in [3.05, 3.63) is 35.4 Å². The first-order valence-corrected chi connectivity index (χ1v) is 5.53. The molecule has 0 atom stereocenters. The van der Waals surface area contributed by atoms with Crippen LogP contribution in [0.4, 0.5) is 4.79 Å². The highest BCUT2D eigenvalue weighted by Gasteiger charge is 2.08. The second-order valence-corrected chi connectivity index (χ2v) is 3.75. The normalized spacial score (nSPS) is 9.62. The van der Waals surface area contributed by atoms with Crippen LogP contribution >= 0.6 is 12.6 Å². The molecule has 0 heterocycles. The Balaban J connectivity index is 2.52. The number of nitrogens with one attached hydrogen (secondary N) is 2. The third-order valence-corrected chi connectivity index (χ3v) is 2.16. The van der Waals surface area contributed by atoms with Gasteiger partial charge >= 0.3 is 6.03 Å². The number of imide groups is 1. The second kappa shape index (κ2) is 6.17. The van der Waals surface area contributed by atoms with E-state index >= 15 is 0 Å². The first-order valence-electron chi connectivity index (χ1n) is 4.90. The quantitative estimate of drug-likeness (QED) is 0.696. The van der Waals surface area contributed by atoms with Crippen molar-refractivity contribution in [1.82, 2.24) is 10.6 Å². The Morgan fingerprint density at radius 1 is 1.25 bits per heavy atom. The van der Waals surface area contributed by atoms with Crippen LogP contribution in [-0.2, 0) is 0 Å². The maximum Gasteiger partial charge on any atom is 0.321 e. The lowest BCUT2D eigenvalue weighted by atomic mass is 10.1. The molecule has 0 saturated heterocycles. The molecule has 2 N–H and O–H groups in total. The number of urea groups is 1. The van der Waals surface area contributed by atoms with Crippen molar-refractivity contribution in [2.45, 2.75) is 6.92 Å². The Kier molecular flexibility index (Phi) is 4.85. The molecule has 0 aliphatic heterocycles. The molecule has 86 valence electrons. The average Bonchev–Trinajstić information content (AvgIpc) is 2.27. The highest BCUT2D eigenvalue weighted by molar-refractivity contribution is 7.80. The maximum absolute atomic E-state index is 11.5. The summed E-state index contributed by atoms with van der Waals surface area (Å²) < 4.78 is 0. The van der Waals surface area contributed by atoms with E-state index < -0.39 is 11.9 Å². The van der Waals surface area contributed by atoms with Gasteiger partial charge in [-0.2, -0.15) is 12.6 Å². The molecule has 0 aliphatic carbocycles. The molecule has 0 radical (unpaired) electrons. The van der Waals surface area contributed by atoms with E-state index in [1.807, 2.05) is 19.1 Å². The summed E-state index contributed by atoms with van der Waals surface area (Å²) in [5.74, 6) is 0.128. The summed E-state index contributed by atoms with van der Waals surface area (Å²) in [5, 5.41) is 4.72. The van der Waals surface area contributed by atoms with Crippen molar-refractivity contribution < 1.29 is 9.59 Å². The summed E-state index contributed by atoms with van der Waals surface area (Å²) in [7, 11) is 0. The predicted molar refractivity (Wildman–Crippen MR) is 65.9 cm³/mol. The summed E-state index contributed by atoms with van der Waals surface area (Å²) in [6.07, 6.45) is 0. The highest BCUT2D eigenvalue weighted by atomic mass is 32.1. The summed E-state index contributed by atoms with van der Waals surface area (Å²) in [5.41, 5.74) is 1.53. The van der Waals surface area contributed by atoms with Crippen LogP contribution in [0.1, 0.15) is 15.9 Å². The second-order valence-electron chi connectivity index (χ2n) is 3.30.